The lowest BCUT2D eigenvalue weighted by molar-refractivity contribution is 0.146. The number of hydrogen-bond donors (Lipinski definition) is 0. The molecule has 0 spiro atoms. The molecule has 0 unspecified atom stereocenters. The Hall–Kier alpha value is -0.170. The van der Waals surface area contributed by atoms with E-state index in [-0.39, 0.29) is 17.3 Å². The van der Waals surface area contributed by atoms with Crippen molar-refractivity contribution in [1.29, 1.82) is 0 Å². The Labute approximate surface area is 98.8 Å². The van der Waals surface area contributed by atoms with Crippen molar-refractivity contribution < 1.29 is 13.5 Å². The maximum atomic E-state index is 12.5. The summed E-state index contributed by atoms with van der Waals surface area (Å²) in [4.78, 5) is 3.89. The minimum Gasteiger partial charge on any atom is -0.481 e. The summed E-state index contributed by atoms with van der Waals surface area (Å²) in [5, 5.41) is 0. The van der Waals surface area contributed by atoms with Gasteiger partial charge in [-0.2, -0.15) is 0 Å². The lowest BCUT2D eigenvalue weighted by atomic mass is 10.2. The molecule has 1 rings (SSSR count). The van der Waals surface area contributed by atoms with Crippen molar-refractivity contribution in [3.05, 3.63) is 20.9 Å². The van der Waals surface area contributed by atoms with Crippen molar-refractivity contribution in [3.8, 4) is 5.88 Å². The van der Waals surface area contributed by atoms with Gasteiger partial charge in [-0.1, -0.05) is 0 Å². The molecular formula is C8H7ClF2INO. The van der Waals surface area contributed by atoms with Gasteiger partial charge in [0.25, 0.3) is 6.43 Å². The van der Waals surface area contributed by atoms with Gasteiger partial charge in [0, 0.05) is 3.57 Å². The molecule has 0 aromatic carbocycles. The van der Waals surface area contributed by atoms with Crippen LogP contribution in [0.2, 0.25) is 0 Å². The molecule has 0 atom stereocenters. The van der Waals surface area contributed by atoms with E-state index in [1.165, 1.54) is 13.2 Å². The van der Waals surface area contributed by atoms with Gasteiger partial charge in [0.1, 0.15) is 0 Å². The van der Waals surface area contributed by atoms with Crippen LogP contribution in [-0.2, 0) is 5.88 Å². The quantitative estimate of drug-likeness (QED) is 0.625. The molecule has 0 aliphatic heterocycles. The summed E-state index contributed by atoms with van der Waals surface area (Å²) in [5.74, 6) is 0.120. The molecular weight excluding hydrogens is 326 g/mol. The lowest BCUT2D eigenvalue weighted by Crippen LogP contribution is -2.00. The van der Waals surface area contributed by atoms with Crippen LogP contribution in [0.25, 0.3) is 0 Å². The van der Waals surface area contributed by atoms with Crippen molar-refractivity contribution in [2.45, 2.75) is 12.3 Å². The number of halogens is 4. The highest BCUT2D eigenvalue weighted by Crippen LogP contribution is 2.30. The van der Waals surface area contributed by atoms with E-state index in [0.717, 1.165) is 0 Å². The van der Waals surface area contributed by atoms with Crippen LogP contribution in [-0.4, -0.2) is 12.1 Å². The average Bonchev–Trinajstić information content (AvgIpc) is 2.17. The van der Waals surface area contributed by atoms with Crippen molar-refractivity contribution in [2.75, 3.05) is 7.11 Å². The summed E-state index contributed by atoms with van der Waals surface area (Å²) in [6.07, 6.45) is -2.59. The first-order valence-corrected chi connectivity index (χ1v) is 5.29. The number of ether oxygens (including phenoxy) is 1. The summed E-state index contributed by atoms with van der Waals surface area (Å²) in [6, 6.07) is 1.34. The number of aromatic nitrogens is 1. The Balaban J connectivity index is 3.24. The summed E-state index contributed by atoms with van der Waals surface area (Å²) in [7, 11) is 1.30. The van der Waals surface area contributed by atoms with Crippen LogP contribution in [0.4, 0.5) is 8.78 Å². The van der Waals surface area contributed by atoms with Crippen LogP contribution in [0, 0.1) is 3.57 Å². The van der Waals surface area contributed by atoms with Gasteiger partial charge < -0.3 is 4.74 Å². The number of rotatable bonds is 3. The predicted molar refractivity (Wildman–Crippen MR) is 58.0 cm³/mol. The number of alkyl halides is 3. The van der Waals surface area contributed by atoms with Crippen molar-refractivity contribution in [2.24, 2.45) is 0 Å². The maximum Gasteiger partial charge on any atom is 0.269 e. The third-order valence-corrected chi connectivity index (χ3v) is 2.78. The fourth-order valence-electron chi connectivity index (χ4n) is 0.936. The molecule has 0 aliphatic carbocycles. The van der Waals surface area contributed by atoms with Crippen molar-refractivity contribution >= 4 is 34.2 Å². The summed E-state index contributed by atoms with van der Waals surface area (Å²) in [5.41, 5.74) is 0.347. The van der Waals surface area contributed by atoms with Crippen LogP contribution in [0.3, 0.4) is 0 Å². The molecule has 0 saturated heterocycles. The molecule has 2 nitrogen and oxygen atoms in total. The zero-order valence-electron chi connectivity index (χ0n) is 7.23. The van der Waals surface area contributed by atoms with E-state index in [2.05, 4.69) is 4.98 Å². The number of hydrogen-bond acceptors (Lipinski definition) is 2. The maximum absolute atomic E-state index is 12.5. The van der Waals surface area contributed by atoms with Gasteiger partial charge in [-0.25, -0.2) is 13.8 Å². The Bertz CT molecular complexity index is 335. The van der Waals surface area contributed by atoms with Crippen LogP contribution in [0.15, 0.2) is 6.07 Å². The molecule has 0 N–H and O–H groups in total. The first-order chi connectivity index (χ1) is 6.60. The molecule has 14 heavy (non-hydrogen) atoms. The van der Waals surface area contributed by atoms with Gasteiger partial charge in [0.2, 0.25) is 5.88 Å². The molecule has 1 aromatic heterocycles. The first-order valence-electron chi connectivity index (χ1n) is 3.67. The van der Waals surface area contributed by atoms with E-state index in [4.69, 9.17) is 16.3 Å². The zero-order chi connectivity index (χ0) is 10.7. The average molecular weight is 334 g/mol. The van der Waals surface area contributed by atoms with E-state index in [0.29, 0.717) is 9.26 Å². The van der Waals surface area contributed by atoms with Gasteiger partial charge >= 0.3 is 0 Å². The third kappa shape index (κ3) is 2.44. The van der Waals surface area contributed by atoms with Crippen LogP contribution >= 0.6 is 34.2 Å². The van der Waals surface area contributed by atoms with Crippen LogP contribution in [0.5, 0.6) is 5.88 Å². The molecule has 0 fully saturated rings. The molecule has 1 aromatic rings. The fourth-order valence-corrected chi connectivity index (χ4v) is 2.01. The Morgan fingerprint density at radius 3 is 2.71 bits per heavy atom. The lowest BCUT2D eigenvalue weighted by Gasteiger charge is -2.09. The van der Waals surface area contributed by atoms with Gasteiger partial charge in [0.05, 0.1) is 24.2 Å². The highest BCUT2D eigenvalue weighted by Gasteiger charge is 2.17. The molecule has 1 heterocycles. The minimum atomic E-state index is -2.59. The number of methoxy groups -OCH3 is 1. The summed E-state index contributed by atoms with van der Waals surface area (Å²) < 4.78 is 30.3. The largest absolute Gasteiger partial charge is 0.481 e. The third-order valence-electron chi connectivity index (χ3n) is 1.60. The summed E-state index contributed by atoms with van der Waals surface area (Å²) in [6.45, 7) is 0. The van der Waals surface area contributed by atoms with Gasteiger partial charge in [-0.15, -0.1) is 11.6 Å². The van der Waals surface area contributed by atoms with E-state index in [1.54, 1.807) is 0 Å². The second kappa shape index (κ2) is 5.06. The number of nitrogens with zero attached hydrogens (tertiary/aromatic N) is 1. The predicted octanol–water partition coefficient (Wildman–Crippen LogP) is 3.37. The molecule has 0 aliphatic rings. The normalized spacial score (nSPS) is 10.7. The molecule has 78 valence electrons. The minimum absolute atomic E-state index is 0.0592. The van der Waals surface area contributed by atoms with Gasteiger partial charge in [-0.05, 0) is 28.7 Å². The first kappa shape index (κ1) is 11.9. The standard InChI is InChI=1S/C8H7ClF2INO/c1-14-8-4(7(10)11)2-5(12)6(3-9)13-8/h2,7H,3H2,1H3. The van der Waals surface area contributed by atoms with Crippen molar-refractivity contribution in [1.82, 2.24) is 4.98 Å². The van der Waals surface area contributed by atoms with Gasteiger partial charge in [0.15, 0.2) is 0 Å². The molecule has 0 radical (unpaired) electrons. The fraction of sp³-hybridized carbons (Fsp3) is 0.375. The van der Waals surface area contributed by atoms with Crippen molar-refractivity contribution in [3.63, 3.8) is 0 Å². The smallest absolute Gasteiger partial charge is 0.269 e. The monoisotopic (exact) mass is 333 g/mol. The molecule has 0 amide bonds. The van der Waals surface area contributed by atoms with E-state index < -0.39 is 6.43 Å². The SMILES string of the molecule is COc1nc(CCl)c(I)cc1C(F)F. The van der Waals surface area contributed by atoms with Gasteiger partial charge in [-0.3, -0.25) is 0 Å². The highest BCUT2D eigenvalue weighted by atomic mass is 127. The molecule has 0 bridgehead atoms. The van der Waals surface area contributed by atoms with E-state index in [9.17, 15) is 8.78 Å². The Kier molecular flexibility index (Phi) is 4.31. The zero-order valence-corrected chi connectivity index (χ0v) is 10.1. The second-order valence-electron chi connectivity index (χ2n) is 2.45. The molecule has 0 saturated carbocycles. The topological polar surface area (TPSA) is 22.1 Å². The van der Waals surface area contributed by atoms with E-state index in [1.807, 2.05) is 22.6 Å². The second-order valence-corrected chi connectivity index (χ2v) is 3.88. The Morgan fingerprint density at radius 1 is 1.64 bits per heavy atom. The highest BCUT2D eigenvalue weighted by molar-refractivity contribution is 14.1. The van der Waals surface area contributed by atoms with Crippen LogP contribution < -0.4 is 4.74 Å². The number of pyridine rings is 1. The van der Waals surface area contributed by atoms with Crippen LogP contribution in [0.1, 0.15) is 17.7 Å². The summed E-state index contributed by atoms with van der Waals surface area (Å²) >= 11 is 7.50. The molecule has 6 heteroatoms. The Morgan fingerprint density at radius 2 is 2.29 bits per heavy atom. The van der Waals surface area contributed by atoms with E-state index >= 15 is 0 Å².